The molecule has 1 saturated carbocycles. The number of hydrogen-bond donors (Lipinski definition) is 1. The van der Waals surface area contributed by atoms with Gasteiger partial charge in [-0.2, -0.15) is 0 Å². The van der Waals surface area contributed by atoms with Gasteiger partial charge in [-0.1, -0.05) is 18.2 Å². The maximum Gasteiger partial charge on any atom is 0.272 e. The van der Waals surface area contributed by atoms with Crippen LogP contribution in [0.15, 0.2) is 24.3 Å². The van der Waals surface area contributed by atoms with Crippen LogP contribution in [0.4, 0.5) is 5.69 Å². The summed E-state index contributed by atoms with van der Waals surface area (Å²) in [6.45, 7) is 0. The Kier molecular flexibility index (Phi) is 2.44. The third-order valence-electron chi connectivity index (χ3n) is 3.08. The van der Waals surface area contributed by atoms with Crippen LogP contribution >= 0.6 is 0 Å². The lowest BCUT2D eigenvalue weighted by atomic mass is 9.73. The van der Waals surface area contributed by atoms with E-state index < -0.39 is 0 Å². The van der Waals surface area contributed by atoms with Crippen LogP contribution in [0.2, 0.25) is 0 Å². The van der Waals surface area contributed by atoms with E-state index in [1.165, 1.54) is 6.07 Å². The van der Waals surface area contributed by atoms with Crippen molar-refractivity contribution in [2.75, 3.05) is 0 Å². The van der Waals surface area contributed by atoms with Crippen molar-refractivity contribution in [2.24, 2.45) is 5.73 Å². The van der Waals surface area contributed by atoms with Gasteiger partial charge in [-0.3, -0.25) is 10.1 Å². The number of hydrogen-bond acceptors (Lipinski definition) is 3. The zero-order valence-electron chi connectivity index (χ0n) is 8.48. The summed E-state index contributed by atoms with van der Waals surface area (Å²) >= 11 is 0. The van der Waals surface area contributed by atoms with Gasteiger partial charge in [0.05, 0.1) is 4.92 Å². The number of benzene rings is 1. The molecular weight excluding hydrogens is 192 g/mol. The normalized spacial score (nSPS) is 18.2. The van der Waals surface area contributed by atoms with Crippen molar-refractivity contribution in [3.05, 3.63) is 39.9 Å². The minimum atomic E-state index is -0.336. The highest BCUT2D eigenvalue weighted by molar-refractivity contribution is 5.41. The van der Waals surface area contributed by atoms with Crippen molar-refractivity contribution in [2.45, 2.75) is 31.2 Å². The van der Waals surface area contributed by atoms with Crippen LogP contribution in [-0.4, -0.2) is 10.5 Å². The molecule has 0 atom stereocenters. The van der Waals surface area contributed by atoms with E-state index in [4.69, 9.17) is 5.73 Å². The van der Waals surface area contributed by atoms with Crippen LogP contribution < -0.4 is 5.73 Å². The summed E-state index contributed by atoms with van der Waals surface area (Å²) in [4.78, 5) is 10.4. The maximum atomic E-state index is 10.8. The summed E-state index contributed by atoms with van der Waals surface area (Å²) in [5, 5.41) is 10.8. The standard InChI is InChI=1S/C11H14N2O2/c12-11(6-3-7-11)8-9-4-1-2-5-10(9)13(14)15/h1-2,4-5H,3,6-8,12H2. The predicted octanol–water partition coefficient (Wildman–Crippen LogP) is 2.02. The van der Waals surface area contributed by atoms with Gasteiger partial charge in [-0.05, 0) is 25.7 Å². The smallest absolute Gasteiger partial charge is 0.272 e. The Labute approximate surface area is 88.2 Å². The van der Waals surface area contributed by atoms with Crippen LogP contribution in [0.25, 0.3) is 0 Å². The average molecular weight is 206 g/mol. The Bertz CT molecular complexity index is 386. The van der Waals surface area contributed by atoms with Crippen molar-refractivity contribution in [3.8, 4) is 0 Å². The molecule has 0 aromatic heterocycles. The quantitative estimate of drug-likeness (QED) is 0.607. The molecule has 0 unspecified atom stereocenters. The molecule has 2 N–H and O–H groups in total. The summed E-state index contributed by atoms with van der Waals surface area (Å²) in [7, 11) is 0. The third-order valence-corrected chi connectivity index (χ3v) is 3.08. The fourth-order valence-corrected chi connectivity index (χ4v) is 2.03. The largest absolute Gasteiger partial charge is 0.325 e. The summed E-state index contributed by atoms with van der Waals surface area (Å²) in [5.41, 5.74) is 6.82. The minimum Gasteiger partial charge on any atom is -0.325 e. The number of nitro benzene ring substituents is 1. The zero-order chi connectivity index (χ0) is 10.9. The first-order chi connectivity index (χ1) is 7.11. The van der Waals surface area contributed by atoms with E-state index in [0.717, 1.165) is 24.8 Å². The van der Waals surface area contributed by atoms with E-state index >= 15 is 0 Å². The first kappa shape index (κ1) is 10.1. The molecule has 0 aliphatic heterocycles. The second-order valence-corrected chi connectivity index (χ2v) is 4.28. The molecule has 0 bridgehead atoms. The second-order valence-electron chi connectivity index (χ2n) is 4.28. The molecule has 1 aromatic carbocycles. The Morgan fingerprint density at radius 3 is 2.60 bits per heavy atom. The molecule has 0 amide bonds. The molecular formula is C11H14N2O2. The molecule has 80 valence electrons. The molecule has 4 nitrogen and oxygen atoms in total. The zero-order valence-corrected chi connectivity index (χ0v) is 8.48. The maximum absolute atomic E-state index is 10.8. The van der Waals surface area contributed by atoms with E-state index in [0.29, 0.717) is 6.42 Å². The molecule has 2 rings (SSSR count). The number of rotatable bonds is 3. The highest BCUT2D eigenvalue weighted by Gasteiger charge is 2.34. The summed E-state index contributed by atoms with van der Waals surface area (Å²) in [6.07, 6.45) is 3.69. The predicted molar refractivity (Wildman–Crippen MR) is 57.6 cm³/mol. The van der Waals surface area contributed by atoms with Crippen molar-refractivity contribution < 1.29 is 4.92 Å². The van der Waals surface area contributed by atoms with E-state index in [1.54, 1.807) is 12.1 Å². The third kappa shape index (κ3) is 1.99. The van der Waals surface area contributed by atoms with Gasteiger partial charge >= 0.3 is 0 Å². The first-order valence-electron chi connectivity index (χ1n) is 5.12. The molecule has 4 heteroatoms. The fraction of sp³-hybridized carbons (Fsp3) is 0.455. The lowest BCUT2D eigenvalue weighted by Crippen LogP contribution is -2.48. The topological polar surface area (TPSA) is 69.2 Å². The second kappa shape index (κ2) is 3.62. The molecule has 0 spiro atoms. The van der Waals surface area contributed by atoms with Crippen LogP contribution in [0, 0.1) is 10.1 Å². The van der Waals surface area contributed by atoms with E-state index in [2.05, 4.69) is 0 Å². The number of nitrogens with zero attached hydrogens (tertiary/aromatic N) is 1. The molecule has 1 fully saturated rings. The first-order valence-corrected chi connectivity index (χ1v) is 5.12. The van der Waals surface area contributed by atoms with Gasteiger partial charge < -0.3 is 5.73 Å². The van der Waals surface area contributed by atoms with Gasteiger partial charge in [0.2, 0.25) is 0 Å². The van der Waals surface area contributed by atoms with Gasteiger partial charge in [0.15, 0.2) is 0 Å². The Balaban J connectivity index is 2.23. The Morgan fingerprint density at radius 2 is 2.07 bits per heavy atom. The van der Waals surface area contributed by atoms with Gasteiger partial charge in [-0.25, -0.2) is 0 Å². The summed E-state index contributed by atoms with van der Waals surface area (Å²) < 4.78 is 0. The molecule has 1 aliphatic rings. The van der Waals surface area contributed by atoms with Crippen molar-refractivity contribution >= 4 is 5.69 Å². The van der Waals surface area contributed by atoms with Crippen LogP contribution in [0.1, 0.15) is 24.8 Å². The highest BCUT2D eigenvalue weighted by Crippen LogP contribution is 2.34. The fourth-order valence-electron chi connectivity index (χ4n) is 2.03. The average Bonchev–Trinajstić information content (AvgIpc) is 2.16. The van der Waals surface area contributed by atoms with Crippen LogP contribution in [-0.2, 0) is 6.42 Å². The minimum absolute atomic E-state index is 0.189. The van der Waals surface area contributed by atoms with Gasteiger partial charge in [-0.15, -0.1) is 0 Å². The van der Waals surface area contributed by atoms with Gasteiger partial charge in [0.1, 0.15) is 0 Å². The van der Waals surface area contributed by atoms with Gasteiger partial charge in [0, 0.05) is 17.2 Å². The van der Waals surface area contributed by atoms with E-state index in [-0.39, 0.29) is 16.1 Å². The highest BCUT2D eigenvalue weighted by atomic mass is 16.6. The molecule has 0 radical (unpaired) electrons. The van der Waals surface area contributed by atoms with Crippen molar-refractivity contribution in [3.63, 3.8) is 0 Å². The Morgan fingerprint density at radius 1 is 1.40 bits per heavy atom. The van der Waals surface area contributed by atoms with Gasteiger partial charge in [0.25, 0.3) is 5.69 Å². The lowest BCUT2D eigenvalue weighted by Gasteiger charge is -2.38. The monoisotopic (exact) mass is 206 g/mol. The SMILES string of the molecule is NC1(Cc2ccccc2[N+](=O)[O-])CCC1. The summed E-state index contributed by atoms with van der Waals surface area (Å²) in [5.74, 6) is 0. The molecule has 0 saturated heterocycles. The van der Waals surface area contributed by atoms with E-state index in [9.17, 15) is 10.1 Å². The van der Waals surface area contributed by atoms with E-state index in [1.807, 2.05) is 6.07 Å². The number of para-hydroxylation sites is 1. The van der Waals surface area contributed by atoms with Crippen LogP contribution in [0.5, 0.6) is 0 Å². The number of nitrogens with two attached hydrogens (primary N) is 1. The number of nitro groups is 1. The molecule has 1 aromatic rings. The molecule has 1 aliphatic carbocycles. The van der Waals surface area contributed by atoms with Crippen molar-refractivity contribution in [1.29, 1.82) is 0 Å². The lowest BCUT2D eigenvalue weighted by molar-refractivity contribution is -0.385. The molecule has 0 heterocycles. The Hall–Kier alpha value is -1.42. The summed E-state index contributed by atoms with van der Waals surface area (Å²) in [6, 6.07) is 6.85. The molecule has 15 heavy (non-hydrogen) atoms. The van der Waals surface area contributed by atoms with Crippen LogP contribution in [0.3, 0.4) is 0 Å². The van der Waals surface area contributed by atoms with Crippen molar-refractivity contribution in [1.82, 2.24) is 0 Å².